The maximum absolute atomic E-state index is 8.80. The molecule has 0 spiro atoms. The van der Waals surface area contributed by atoms with E-state index < -0.39 is 0 Å². The van der Waals surface area contributed by atoms with Crippen LogP contribution in [0.2, 0.25) is 0 Å². The van der Waals surface area contributed by atoms with Gasteiger partial charge >= 0.3 is 0 Å². The zero-order valence-electron chi connectivity index (χ0n) is 32.5. The van der Waals surface area contributed by atoms with E-state index in [9.17, 15) is 0 Å². The molecule has 0 atom stereocenters. The molecular weight excluding hydrogens is 612 g/mol. The third kappa shape index (κ3) is 13.1. The summed E-state index contributed by atoms with van der Waals surface area (Å²) in [5.74, 6) is 5.61. The first-order valence-corrected chi connectivity index (χ1v) is 17.9. The topological polar surface area (TPSA) is 120 Å². The number of aryl methyl sites for hydroxylation is 3. The van der Waals surface area contributed by atoms with Gasteiger partial charge in [-0.05, 0) is 52.5 Å². The van der Waals surface area contributed by atoms with Crippen molar-refractivity contribution in [2.45, 2.75) is 145 Å². The van der Waals surface area contributed by atoms with Crippen LogP contribution in [0.4, 0.5) is 0 Å². The lowest BCUT2D eigenvalue weighted by Gasteiger charge is -2.07. The molecule has 11 heteroatoms. The number of nitrogens with zero attached hydrogens (tertiary/aromatic N) is 9. The van der Waals surface area contributed by atoms with Crippen molar-refractivity contribution in [3.05, 3.63) is 90.1 Å². The van der Waals surface area contributed by atoms with E-state index in [1.165, 1.54) is 30.2 Å². The number of hydrogen-bond acceptors (Lipinski definition) is 6. The van der Waals surface area contributed by atoms with Gasteiger partial charge in [-0.3, -0.25) is 9.78 Å². The van der Waals surface area contributed by atoms with Crippen LogP contribution in [-0.4, -0.2) is 53.7 Å². The number of imidazole rings is 3. The van der Waals surface area contributed by atoms with E-state index in [0.29, 0.717) is 29.7 Å². The van der Waals surface area contributed by atoms with Crippen LogP contribution in [0, 0.1) is 6.92 Å². The number of hydrogen-bond donors (Lipinski definition) is 2. The summed E-state index contributed by atoms with van der Waals surface area (Å²) in [6.07, 6.45) is 17.9. The van der Waals surface area contributed by atoms with Gasteiger partial charge in [-0.1, -0.05) is 55.4 Å². The van der Waals surface area contributed by atoms with Gasteiger partial charge in [0.15, 0.2) is 0 Å². The van der Waals surface area contributed by atoms with Crippen LogP contribution in [0.25, 0.3) is 0 Å². The number of aromatic nitrogens is 10. The third-order valence-electron chi connectivity index (χ3n) is 7.99. The Balaban J connectivity index is 0.000000213. The van der Waals surface area contributed by atoms with E-state index >= 15 is 0 Å². The van der Waals surface area contributed by atoms with Crippen LogP contribution in [0.3, 0.4) is 0 Å². The van der Waals surface area contributed by atoms with Crippen LogP contribution in [0.1, 0.15) is 159 Å². The van der Waals surface area contributed by atoms with E-state index in [0.717, 1.165) is 29.7 Å². The summed E-state index contributed by atoms with van der Waals surface area (Å²) in [4.78, 5) is 12.8. The lowest BCUT2D eigenvalue weighted by Crippen LogP contribution is -2.03. The van der Waals surface area contributed by atoms with Crippen LogP contribution in [0.15, 0.2) is 55.6 Å². The molecule has 6 rings (SSSR count). The predicted octanol–water partition coefficient (Wildman–Crippen LogP) is 8.71. The molecule has 2 N–H and O–H groups in total. The third-order valence-corrected chi connectivity index (χ3v) is 7.99. The van der Waals surface area contributed by atoms with Gasteiger partial charge in [0.25, 0.3) is 0 Å². The highest BCUT2D eigenvalue weighted by atomic mass is 16.3. The van der Waals surface area contributed by atoms with Crippen molar-refractivity contribution in [1.29, 1.82) is 0 Å². The number of aliphatic hydroxyl groups excluding tert-OH is 1. The van der Waals surface area contributed by atoms with Crippen LogP contribution in [-0.2, 0) is 20.2 Å². The molecule has 11 nitrogen and oxygen atoms in total. The quantitative estimate of drug-likeness (QED) is 0.170. The summed E-state index contributed by atoms with van der Waals surface area (Å²) in [7, 11) is 2.02. The number of H-pyrrole nitrogens is 1. The van der Waals surface area contributed by atoms with Crippen molar-refractivity contribution in [1.82, 2.24) is 48.6 Å². The SMILES string of the molecule is CC(C)c1[nH]ncc1CO.CC(C)c1nccn1C.CC(C)c1nccn1C1CC1.CCn1ccnc1C(C)C.Cc1ccnn1C(C)C. The van der Waals surface area contributed by atoms with Crippen LogP contribution in [0.5, 0.6) is 0 Å². The summed E-state index contributed by atoms with van der Waals surface area (Å²) < 4.78 is 8.54. The smallest absolute Gasteiger partial charge is 0.111 e. The molecule has 1 aliphatic rings. The second-order valence-corrected chi connectivity index (χ2v) is 14.0. The fourth-order valence-corrected chi connectivity index (χ4v) is 5.32. The molecule has 0 unspecified atom stereocenters. The summed E-state index contributed by atoms with van der Waals surface area (Å²) in [6, 6.07) is 3.27. The fraction of sp³-hybridized carbons (Fsp3) is 0.605. The van der Waals surface area contributed by atoms with E-state index in [1.54, 1.807) is 6.20 Å². The Hall–Kier alpha value is -3.99. The average molecular weight is 677 g/mol. The van der Waals surface area contributed by atoms with Crippen LogP contribution >= 0.6 is 0 Å². The van der Waals surface area contributed by atoms with Gasteiger partial charge in [0.05, 0.1) is 12.8 Å². The van der Waals surface area contributed by atoms with Gasteiger partial charge in [0.1, 0.15) is 17.5 Å². The van der Waals surface area contributed by atoms with Gasteiger partial charge in [-0.15, -0.1) is 0 Å². The normalized spacial score (nSPS) is 12.3. The zero-order chi connectivity index (χ0) is 36.7. The van der Waals surface area contributed by atoms with Crippen molar-refractivity contribution < 1.29 is 5.11 Å². The van der Waals surface area contributed by atoms with Gasteiger partial charge in [0.2, 0.25) is 0 Å². The number of aromatic amines is 1. The minimum absolute atomic E-state index is 0.0734. The number of rotatable bonds is 8. The molecule has 0 bridgehead atoms. The molecule has 1 fully saturated rings. The predicted molar refractivity (Wildman–Crippen MR) is 200 cm³/mol. The lowest BCUT2D eigenvalue weighted by molar-refractivity contribution is 0.280. The Kier molecular flexibility index (Phi) is 17.2. The van der Waals surface area contributed by atoms with E-state index in [1.807, 2.05) is 59.5 Å². The standard InChI is InChI=1S/C9H14N2.C8H14N2.C7H12N2O.2C7H12N2/c1-7(2)9-10-5-6-11(9)8-3-4-8;1-4-10-6-5-9-8(10)7(2)3;1-5(2)7-6(4-10)3-8-9-7;1-6(2)7-8-4-5-9(7)3;1-6(2)9-7(3)4-5-8-9/h5-8H,3-4H2,1-2H3;5-7H,4H2,1-3H3;3,5,10H,4H2,1-2H3,(H,8,9);2*4-6H,1-3H3. The van der Waals surface area contributed by atoms with Gasteiger partial charge < -0.3 is 18.8 Å². The highest BCUT2D eigenvalue weighted by molar-refractivity contribution is 5.18. The molecule has 0 aromatic carbocycles. The zero-order valence-corrected chi connectivity index (χ0v) is 32.5. The number of aliphatic hydroxyl groups is 1. The Morgan fingerprint density at radius 2 is 1.35 bits per heavy atom. The monoisotopic (exact) mass is 677 g/mol. The number of nitrogens with one attached hydrogen (secondary N) is 1. The van der Waals surface area contributed by atoms with Gasteiger partial charge in [-0.25, -0.2) is 15.0 Å². The second-order valence-electron chi connectivity index (χ2n) is 14.0. The van der Waals surface area contributed by atoms with Crippen molar-refractivity contribution >= 4 is 0 Å². The fourth-order valence-electron chi connectivity index (χ4n) is 5.32. The molecule has 5 aromatic rings. The Morgan fingerprint density at radius 3 is 1.71 bits per heavy atom. The molecule has 272 valence electrons. The van der Waals surface area contributed by atoms with E-state index in [4.69, 9.17) is 5.11 Å². The molecule has 1 aliphatic carbocycles. The van der Waals surface area contributed by atoms with Crippen molar-refractivity contribution in [3.63, 3.8) is 0 Å². The van der Waals surface area contributed by atoms with Gasteiger partial charge in [-0.2, -0.15) is 10.2 Å². The highest BCUT2D eigenvalue weighted by Gasteiger charge is 2.25. The molecule has 0 radical (unpaired) electrons. The lowest BCUT2D eigenvalue weighted by atomic mass is 10.1. The minimum atomic E-state index is 0.0734. The van der Waals surface area contributed by atoms with E-state index in [2.05, 4.69) is 129 Å². The maximum atomic E-state index is 8.80. The first-order valence-electron chi connectivity index (χ1n) is 17.9. The summed E-state index contributed by atoms with van der Waals surface area (Å²) in [5.41, 5.74) is 3.16. The Morgan fingerprint density at radius 1 is 0.776 bits per heavy atom. The molecular formula is C38H64N10O. The van der Waals surface area contributed by atoms with Crippen molar-refractivity contribution in [2.24, 2.45) is 7.05 Å². The molecule has 5 aromatic heterocycles. The minimum Gasteiger partial charge on any atom is -0.392 e. The summed E-state index contributed by atoms with van der Waals surface area (Å²) in [5, 5.41) is 19.6. The first-order chi connectivity index (χ1) is 23.2. The molecule has 0 amide bonds. The molecule has 0 aliphatic heterocycles. The largest absolute Gasteiger partial charge is 0.392 e. The molecule has 1 saturated carbocycles. The van der Waals surface area contributed by atoms with Crippen molar-refractivity contribution in [3.8, 4) is 0 Å². The second kappa shape index (κ2) is 20.5. The highest BCUT2D eigenvalue weighted by Crippen LogP contribution is 2.36. The molecule has 5 heterocycles. The first kappa shape index (κ1) is 41.2. The van der Waals surface area contributed by atoms with E-state index in [-0.39, 0.29) is 6.61 Å². The molecule has 0 saturated heterocycles. The van der Waals surface area contributed by atoms with Gasteiger partial charge in [0, 0.05) is 104 Å². The summed E-state index contributed by atoms with van der Waals surface area (Å²) in [6.45, 7) is 26.7. The Bertz CT molecular complexity index is 1470. The maximum Gasteiger partial charge on any atom is 0.111 e. The Labute approximate surface area is 295 Å². The summed E-state index contributed by atoms with van der Waals surface area (Å²) >= 11 is 0. The average Bonchev–Trinajstić information content (AvgIpc) is 3.65. The van der Waals surface area contributed by atoms with Crippen molar-refractivity contribution in [2.75, 3.05) is 0 Å². The van der Waals surface area contributed by atoms with Crippen LogP contribution < -0.4 is 0 Å². The molecule has 49 heavy (non-hydrogen) atoms.